The highest BCUT2D eigenvalue weighted by molar-refractivity contribution is 7.11. The van der Waals surface area contributed by atoms with Gasteiger partial charge >= 0.3 is 5.97 Å². The van der Waals surface area contributed by atoms with E-state index >= 15 is 0 Å². The Bertz CT molecular complexity index is 1000. The van der Waals surface area contributed by atoms with Gasteiger partial charge in [0.2, 0.25) is 0 Å². The van der Waals surface area contributed by atoms with E-state index in [1.54, 1.807) is 19.2 Å². The summed E-state index contributed by atoms with van der Waals surface area (Å²) in [7, 11) is 0. The summed E-state index contributed by atoms with van der Waals surface area (Å²) < 4.78 is 5.13. The number of nitrogens with one attached hydrogen (secondary N) is 2. The number of hydrogen-bond donors (Lipinski definition) is 2. The van der Waals surface area contributed by atoms with Crippen LogP contribution in [-0.4, -0.2) is 27.5 Å². The fraction of sp³-hybridized carbons (Fsp3) is 0.211. The van der Waals surface area contributed by atoms with Crippen molar-refractivity contribution in [2.75, 3.05) is 6.61 Å². The quantitative estimate of drug-likeness (QED) is 0.519. The van der Waals surface area contributed by atoms with E-state index in [1.165, 1.54) is 11.3 Å². The molecule has 3 aromatic rings. The molecule has 0 aliphatic carbocycles. The SMILES string of the molecule is CCOC(=O)c1c(C)[nH]c(-c2csc(/C(C#N)=C\c3ccc[nH]3)n2)c1C. The fourth-order valence-corrected chi connectivity index (χ4v) is 3.54. The molecule has 3 heterocycles. The molecule has 0 saturated heterocycles. The van der Waals surface area contributed by atoms with Gasteiger partial charge in [-0.05, 0) is 44.5 Å². The molecule has 0 aromatic carbocycles. The normalized spacial score (nSPS) is 11.4. The molecule has 0 saturated carbocycles. The second-order valence-electron chi connectivity index (χ2n) is 5.68. The second kappa shape index (κ2) is 7.42. The maximum absolute atomic E-state index is 12.2. The molecule has 0 radical (unpaired) electrons. The Kier molecular flexibility index (Phi) is 5.05. The first kappa shape index (κ1) is 17.7. The van der Waals surface area contributed by atoms with Crippen LogP contribution >= 0.6 is 11.3 Å². The molecule has 0 bridgehead atoms. The standard InChI is InChI=1S/C19H18N4O2S/c1-4-25-19(24)16-11(2)17(22-12(16)3)15-10-26-18(23-15)13(9-20)8-14-6-5-7-21-14/h5-8,10,21-22H,4H2,1-3H3/b13-8-. The maximum atomic E-state index is 12.2. The van der Waals surface area contributed by atoms with Gasteiger partial charge in [-0.2, -0.15) is 5.26 Å². The van der Waals surface area contributed by atoms with Crippen LogP contribution in [0, 0.1) is 25.2 Å². The van der Waals surface area contributed by atoms with Gasteiger partial charge in [-0.15, -0.1) is 11.3 Å². The molecule has 0 fully saturated rings. The van der Waals surface area contributed by atoms with Crippen molar-refractivity contribution in [2.24, 2.45) is 0 Å². The van der Waals surface area contributed by atoms with E-state index < -0.39 is 0 Å². The third-order valence-corrected chi connectivity index (χ3v) is 4.83. The van der Waals surface area contributed by atoms with Crippen LogP contribution in [0.4, 0.5) is 0 Å². The van der Waals surface area contributed by atoms with Crippen molar-refractivity contribution in [3.8, 4) is 17.5 Å². The fourth-order valence-electron chi connectivity index (χ4n) is 2.76. The molecule has 132 valence electrons. The van der Waals surface area contributed by atoms with Gasteiger partial charge in [-0.1, -0.05) is 0 Å². The van der Waals surface area contributed by atoms with Gasteiger partial charge in [0.15, 0.2) is 0 Å². The first-order chi connectivity index (χ1) is 12.5. The number of nitrogens with zero attached hydrogens (tertiary/aromatic N) is 2. The van der Waals surface area contributed by atoms with Crippen molar-refractivity contribution in [2.45, 2.75) is 20.8 Å². The summed E-state index contributed by atoms with van der Waals surface area (Å²) in [6, 6.07) is 5.95. The molecule has 3 rings (SSSR count). The Balaban J connectivity index is 1.97. The third-order valence-electron chi connectivity index (χ3n) is 3.95. The van der Waals surface area contributed by atoms with Crippen LogP contribution in [0.5, 0.6) is 0 Å². The number of aryl methyl sites for hydroxylation is 1. The van der Waals surface area contributed by atoms with Gasteiger partial charge in [0.1, 0.15) is 11.1 Å². The molecule has 3 aromatic heterocycles. The molecule has 0 aliphatic rings. The molecule has 0 spiro atoms. The highest BCUT2D eigenvalue weighted by atomic mass is 32.1. The molecule has 26 heavy (non-hydrogen) atoms. The molecular formula is C19H18N4O2S. The predicted molar refractivity (Wildman–Crippen MR) is 102 cm³/mol. The van der Waals surface area contributed by atoms with Gasteiger partial charge in [-0.3, -0.25) is 0 Å². The van der Waals surface area contributed by atoms with Crippen LogP contribution in [0.1, 0.15) is 39.2 Å². The van der Waals surface area contributed by atoms with E-state index in [4.69, 9.17) is 4.74 Å². The third kappa shape index (κ3) is 3.32. The number of nitriles is 1. The number of ether oxygens (including phenoxy) is 1. The molecule has 0 unspecified atom stereocenters. The first-order valence-corrected chi connectivity index (χ1v) is 9.00. The number of rotatable bonds is 5. The van der Waals surface area contributed by atoms with Gasteiger partial charge < -0.3 is 14.7 Å². The largest absolute Gasteiger partial charge is 0.462 e. The topological polar surface area (TPSA) is 94.6 Å². The van der Waals surface area contributed by atoms with E-state index in [1.807, 2.05) is 31.4 Å². The number of esters is 1. The van der Waals surface area contributed by atoms with E-state index in [0.717, 1.165) is 22.6 Å². The number of thiazole rings is 1. The van der Waals surface area contributed by atoms with E-state index in [0.29, 0.717) is 28.4 Å². The summed E-state index contributed by atoms with van der Waals surface area (Å²) in [5.41, 5.74) is 4.88. The zero-order valence-corrected chi connectivity index (χ0v) is 15.5. The number of H-pyrrole nitrogens is 2. The van der Waals surface area contributed by atoms with Crippen LogP contribution in [0.2, 0.25) is 0 Å². The minimum Gasteiger partial charge on any atom is -0.462 e. The van der Waals surface area contributed by atoms with E-state index in [2.05, 4.69) is 21.0 Å². The lowest BCUT2D eigenvalue weighted by molar-refractivity contribution is 0.0525. The molecule has 2 N–H and O–H groups in total. The van der Waals surface area contributed by atoms with Crippen molar-refractivity contribution >= 4 is 29.0 Å². The van der Waals surface area contributed by atoms with Crippen molar-refractivity contribution in [1.29, 1.82) is 5.26 Å². The summed E-state index contributed by atoms with van der Waals surface area (Å²) >= 11 is 1.39. The first-order valence-electron chi connectivity index (χ1n) is 8.12. The minimum atomic E-state index is -0.343. The average molecular weight is 366 g/mol. The maximum Gasteiger partial charge on any atom is 0.340 e. The van der Waals surface area contributed by atoms with Crippen LogP contribution in [0.25, 0.3) is 23.0 Å². The number of carbonyl (C=O) groups excluding carboxylic acids is 1. The van der Waals surface area contributed by atoms with Crippen molar-refractivity contribution in [3.05, 3.63) is 51.2 Å². The van der Waals surface area contributed by atoms with Crippen molar-refractivity contribution in [1.82, 2.24) is 15.0 Å². The Morgan fingerprint density at radius 2 is 2.27 bits per heavy atom. The van der Waals surface area contributed by atoms with Crippen molar-refractivity contribution in [3.63, 3.8) is 0 Å². The number of aromatic amines is 2. The minimum absolute atomic E-state index is 0.328. The monoisotopic (exact) mass is 366 g/mol. The van der Waals surface area contributed by atoms with Crippen LogP contribution in [-0.2, 0) is 4.74 Å². The number of hydrogen-bond acceptors (Lipinski definition) is 5. The van der Waals surface area contributed by atoms with Crippen LogP contribution in [0.15, 0.2) is 23.7 Å². The average Bonchev–Trinajstić information content (AvgIpc) is 3.33. The van der Waals surface area contributed by atoms with Crippen LogP contribution < -0.4 is 0 Å². The van der Waals surface area contributed by atoms with E-state index in [9.17, 15) is 10.1 Å². The zero-order chi connectivity index (χ0) is 18.7. The zero-order valence-electron chi connectivity index (χ0n) is 14.7. The smallest absolute Gasteiger partial charge is 0.340 e. The summed E-state index contributed by atoms with van der Waals surface area (Å²) in [4.78, 5) is 23.0. The lowest BCUT2D eigenvalue weighted by Crippen LogP contribution is -2.06. The van der Waals surface area contributed by atoms with Crippen LogP contribution in [0.3, 0.4) is 0 Å². The molecule has 0 amide bonds. The number of aromatic nitrogens is 3. The molecule has 0 atom stereocenters. The highest BCUT2D eigenvalue weighted by Gasteiger charge is 2.21. The molecule has 7 heteroatoms. The molecular weight excluding hydrogens is 348 g/mol. The Morgan fingerprint density at radius 1 is 1.46 bits per heavy atom. The van der Waals surface area contributed by atoms with Gasteiger partial charge in [0, 0.05) is 23.0 Å². The second-order valence-corrected chi connectivity index (χ2v) is 6.54. The van der Waals surface area contributed by atoms with Gasteiger partial charge in [0.25, 0.3) is 0 Å². The highest BCUT2D eigenvalue weighted by Crippen LogP contribution is 2.31. The predicted octanol–water partition coefficient (Wildman–Crippen LogP) is 4.32. The summed E-state index contributed by atoms with van der Waals surface area (Å²) in [5.74, 6) is -0.343. The number of allylic oxidation sites excluding steroid dienone is 1. The van der Waals surface area contributed by atoms with Gasteiger partial charge in [0.05, 0.1) is 29.1 Å². The summed E-state index contributed by atoms with van der Waals surface area (Å²) in [5, 5.41) is 12.0. The van der Waals surface area contributed by atoms with E-state index in [-0.39, 0.29) is 5.97 Å². The summed E-state index contributed by atoms with van der Waals surface area (Å²) in [6.45, 7) is 5.81. The Hall–Kier alpha value is -3.11. The van der Waals surface area contributed by atoms with Gasteiger partial charge in [-0.25, -0.2) is 9.78 Å². The summed E-state index contributed by atoms with van der Waals surface area (Å²) in [6.07, 6.45) is 3.57. The lowest BCUT2D eigenvalue weighted by atomic mass is 10.1. The van der Waals surface area contributed by atoms with Crippen molar-refractivity contribution < 1.29 is 9.53 Å². The molecule has 0 aliphatic heterocycles. The lowest BCUT2D eigenvalue weighted by Gasteiger charge is -2.02. The number of carbonyl (C=O) groups is 1. The Labute approximate surface area is 155 Å². The molecule has 6 nitrogen and oxygen atoms in total. The Morgan fingerprint density at radius 3 is 2.92 bits per heavy atom.